The maximum Gasteiger partial charge on any atom is 0.472 e. The second-order valence-electron chi connectivity index (χ2n) is 5.09. The molecule has 114 valence electrons. The second kappa shape index (κ2) is 8.81. The van der Waals surface area contributed by atoms with Crippen LogP contribution >= 0.6 is 7.82 Å². The van der Waals surface area contributed by atoms with Gasteiger partial charge in [-0.3, -0.25) is 9.05 Å². The lowest BCUT2D eigenvalue weighted by atomic mass is 10.4. The SMILES string of the molecule is C=CCOC[C@H](O)COP(=O)(O)OCC[N+](C)(C)C. The maximum atomic E-state index is 11.5. The minimum Gasteiger partial charge on any atom is -0.388 e. The van der Waals surface area contributed by atoms with Crippen LogP contribution in [0.4, 0.5) is 0 Å². The van der Waals surface area contributed by atoms with Gasteiger partial charge in [0.2, 0.25) is 0 Å². The van der Waals surface area contributed by atoms with Gasteiger partial charge in [0.1, 0.15) is 19.3 Å². The Balaban J connectivity index is 3.83. The molecule has 8 heteroatoms. The van der Waals surface area contributed by atoms with Gasteiger partial charge >= 0.3 is 7.82 Å². The summed E-state index contributed by atoms with van der Waals surface area (Å²) in [6.45, 7) is 4.10. The predicted octanol–water partition coefficient (Wildman–Crippen LogP) is 0.390. The van der Waals surface area contributed by atoms with E-state index in [9.17, 15) is 14.6 Å². The number of phosphoric acid groups is 1. The van der Waals surface area contributed by atoms with Crippen LogP contribution in [-0.4, -0.2) is 74.7 Å². The van der Waals surface area contributed by atoms with E-state index in [2.05, 4.69) is 11.1 Å². The summed E-state index contributed by atoms with van der Waals surface area (Å²) in [5.41, 5.74) is 0. The molecule has 7 nitrogen and oxygen atoms in total. The lowest BCUT2D eigenvalue weighted by Gasteiger charge is -2.24. The number of nitrogens with zero attached hydrogens (tertiary/aromatic N) is 1. The number of hydrogen-bond acceptors (Lipinski definition) is 5. The van der Waals surface area contributed by atoms with Gasteiger partial charge < -0.3 is 19.2 Å². The van der Waals surface area contributed by atoms with Crippen LogP contribution in [0.5, 0.6) is 0 Å². The lowest BCUT2D eigenvalue weighted by molar-refractivity contribution is -0.870. The Bertz CT molecular complexity index is 304. The maximum absolute atomic E-state index is 11.5. The van der Waals surface area contributed by atoms with Crippen molar-refractivity contribution in [3.63, 3.8) is 0 Å². The van der Waals surface area contributed by atoms with Gasteiger partial charge in [0.25, 0.3) is 0 Å². The van der Waals surface area contributed by atoms with Crippen LogP contribution in [-0.2, 0) is 18.3 Å². The van der Waals surface area contributed by atoms with Gasteiger partial charge in [0.05, 0.1) is 41.0 Å². The largest absolute Gasteiger partial charge is 0.472 e. The van der Waals surface area contributed by atoms with Gasteiger partial charge in [-0.2, -0.15) is 0 Å². The number of quaternary nitrogens is 1. The van der Waals surface area contributed by atoms with E-state index in [-0.39, 0.29) is 19.8 Å². The van der Waals surface area contributed by atoms with Crippen molar-refractivity contribution >= 4 is 7.82 Å². The Morgan fingerprint density at radius 3 is 2.47 bits per heavy atom. The fourth-order valence-electron chi connectivity index (χ4n) is 0.983. The molecule has 0 rings (SSSR count). The fourth-order valence-corrected chi connectivity index (χ4v) is 1.73. The molecular formula is C11H25NO6P+. The highest BCUT2D eigenvalue weighted by Crippen LogP contribution is 2.43. The van der Waals surface area contributed by atoms with Crippen LogP contribution < -0.4 is 0 Å². The molecule has 1 unspecified atom stereocenters. The van der Waals surface area contributed by atoms with E-state index in [1.54, 1.807) is 6.08 Å². The quantitative estimate of drug-likeness (QED) is 0.248. The number of hydrogen-bond donors (Lipinski definition) is 2. The summed E-state index contributed by atoms with van der Waals surface area (Å²) < 4.78 is 26.5. The molecule has 0 radical (unpaired) electrons. The Morgan fingerprint density at radius 2 is 1.95 bits per heavy atom. The van der Waals surface area contributed by atoms with Crippen molar-refractivity contribution in [1.29, 1.82) is 0 Å². The van der Waals surface area contributed by atoms with Crippen molar-refractivity contribution in [2.75, 3.05) is 54.1 Å². The molecule has 19 heavy (non-hydrogen) atoms. The van der Waals surface area contributed by atoms with Gasteiger partial charge in [-0.1, -0.05) is 6.08 Å². The number of likely N-dealkylation sites (N-methyl/N-ethyl adjacent to an activating group) is 1. The standard InChI is InChI=1S/C11H24NO6P/c1-5-7-16-9-11(13)10-18-19(14,15)17-8-6-12(2,3)4/h5,11,13H,1,6-10H2,2-4H3/p+1/t11-/m0/s1. The Morgan fingerprint density at radius 1 is 1.32 bits per heavy atom. The van der Waals surface area contributed by atoms with E-state index in [0.29, 0.717) is 17.6 Å². The molecule has 0 aromatic carbocycles. The first kappa shape index (κ1) is 18.7. The molecule has 0 saturated carbocycles. The molecule has 0 bridgehead atoms. The van der Waals surface area contributed by atoms with E-state index in [1.807, 2.05) is 21.1 Å². The summed E-state index contributed by atoms with van der Waals surface area (Å²) in [5.74, 6) is 0. The molecule has 0 heterocycles. The van der Waals surface area contributed by atoms with Crippen LogP contribution in [0, 0.1) is 0 Å². The molecule has 0 aliphatic heterocycles. The van der Waals surface area contributed by atoms with Gasteiger partial charge in [0.15, 0.2) is 0 Å². The normalized spacial score (nSPS) is 16.9. The smallest absolute Gasteiger partial charge is 0.388 e. The number of rotatable bonds is 11. The first-order valence-electron chi connectivity index (χ1n) is 5.95. The average Bonchev–Trinajstić information content (AvgIpc) is 2.25. The summed E-state index contributed by atoms with van der Waals surface area (Å²) in [5, 5.41) is 9.42. The summed E-state index contributed by atoms with van der Waals surface area (Å²) in [6.07, 6.45) is 0.556. The topological polar surface area (TPSA) is 85.2 Å². The zero-order valence-corrected chi connectivity index (χ0v) is 12.7. The van der Waals surface area contributed by atoms with E-state index < -0.39 is 13.9 Å². The van der Waals surface area contributed by atoms with Gasteiger partial charge in [-0.05, 0) is 0 Å². The Hall–Kier alpha value is -0.270. The van der Waals surface area contributed by atoms with Gasteiger partial charge in [0, 0.05) is 0 Å². The molecular weight excluding hydrogens is 273 g/mol. The van der Waals surface area contributed by atoms with Gasteiger partial charge in [-0.15, -0.1) is 6.58 Å². The molecule has 0 aromatic heterocycles. The monoisotopic (exact) mass is 298 g/mol. The number of aliphatic hydroxyl groups is 1. The van der Waals surface area contributed by atoms with Crippen molar-refractivity contribution in [3.05, 3.63) is 12.7 Å². The van der Waals surface area contributed by atoms with Crippen molar-refractivity contribution in [2.45, 2.75) is 6.10 Å². The number of aliphatic hydroxyl groups excluding tert-OH is 1. The summed E-state index contributed by atoms with van der Waals surface area (Å²) in [7, 11) is 1.70. The van der Waals surface area contributed by atoms with Gasteiger partial charge in [-0.25, -0.2) is 4.57 Å². The molecule has 0 fully saturated rings. The fraction of sp³-hybridized carbons (Fsp3) is 0.818. The first-order chi connectivity index (χ1) is 8.66. The van der Waals surface area contributed by atoms with Crippen molar-refractivity contribution < 1.29 is 32.8 Å². The molecule has 2 atom stereocenters. The van der Waals surface area contributed by atoms with Crippen LogP contribution in [0.1, 0.15) is 0 Å². The Labute approximate surface area is 114 Å². The Kier molecular flexibility index (Phi) is 8.69. The highest BCUT2D eigenvalue weighted by Gasteiger charge is 2.23. The van der Waals surface area contributed by atoms with Crippen LogP contribution in [0.2, 0.25) is 0 Å². The third kappa shape index (κ3) is 12.5. The highest BCUT2D eigenvalue weighted by atomic mass is 31.2. The van der Waals surface area contributed by atoms with E-state index in [4.69, 9.17) is 9.26 Å². The van der Waals surface area contributed by atoms with Crippen LogP contribution in [0.25, 0.3) is 0 Å². The number of phosphoric ester groups is 1. The van der Waals surface area contributed by atoms with Crippen molar-refractivity contribution in [3.8, 4) is 0 Å². The van der Waals surface area contributed by atoms with E-state index in [1.165, 1.54) is 0 Å². The van der Waals surface area contributed by atoms with E-state index in [0.717, 1.165) is 0 Å². The molecule has 0 amide bonds. The highest BCUT2D eigenvalue weighted by molar-refractivity contribution is 7.47. The first-order valence-corrected chi connectivity index (χ1v) is 7.45. The third-order valence-electron chi connectivity index (χ3n) is 1.99. The second-order valence-corrected chi connectivity index (χ2v) is 6.54. The van der Waals surface area contributed by atoms with Crippen molar-refractivity contribution in [1.82, 2.24) is 0 Å². The summed E-state index contributed by atoms with van der Waals surface area (Å²) in [6, 6.07) is 0. The summed E-state index contributed by atoms with van der Waals surface area (Å²) in [4.78, 5) is 9.37. The number of ether oxygens (including phenoxy) is 1. The molecule has 2 N–H and O–H groups in total. The molecule has 0 aliphatic rings. The average molecular weight is 298 g/mol. The van der Waals surface area contributed by atoms with E-state index >= 15 is 0 Å². The van der Waals surface area contributed by atoms with Crippen LogP contribution in [0.3, 0.4) is 0 Å². The minimum absolute atomic E-state index is 0.00486. The zero-order valence-electron chi connectivity index (χ0n) is 11.8. The van der Waals surface area contributed by atoms with Crippen molar-refractivity contribution in [2.24, 2.45) is 0 Å². The summed E-state index contributed by atoms with van der Waals surface area (Å²) >= 11 is 0. The minimum atomic E-state index is -4.12. The molecule has 0 saturated heterocycles. The van der Waals surface area contributed by atoms with Crippen LogP contribution in [0.15, 0.2) is 12.7 Å². The molecule has 0 aromatic rings. The predicted molar refractivity (Wildman–Crippen MR) is 71.7 cm³/mol. The zero-order chi connectivity index (χ0) is 14.9. The molecule has 0 spiro atoms. The molecule has 0 aliphatic carbocycles. The third-order valence-corrected chi connectivity index (χ3v) is 2.98. The lowest BCUT2D eigenvalue weighted by Crippen LogP contribution is -2.37.